The van der Waals surface area contributed by atoms with E-state index in [0.717, 1.165) is 18.4 Å². The molecule has 3 aromatic rings. The second kappa shape index (κ2) is 10.3. The Hall–Kier alpha value is -3.68. The summed E-state index contributed by atoms with van der Waals surface area (Å²) in [5.41, 5.74) is 4.15. The van der Waals surface area contributed by atoms with Crippen LogP contribution in [-0.4, -0.2) is 28.6 Å². The van der Waals surface area contributed by atoms with Gasteiger partial charge < -0.3 is 19.3 Å². The van der Waals surface area contributed by atoms with Gasteiger partial charge in [-0.05, 0) is 73.6 Å². The monoisotopic (exact) mass is 449 g/mol. The largest absolute Gasteiger partial charge is 0.485 e. The molecular weight excluding hydrogens is 422 g/mol. The first kappa shape index (κ1) is 22.5. The Labute approximate surface area is 192 Å². The molecule has 8 nitrogen and oxygen atoms in total. The molecule has 1 aliphatic rings. The van der Waals surface area contributed by atoms with Crippen molar-refractivity contribution in [3.63, 3.8) is 0 Å². The number of aryl methyl sites for hydroxylation is 3. The Bertz CT molecular complexity index is 1120. The fourth-order valence-corrected chi connectivity index (χ4v) is 3.84. The lowest BCUT2D eigenvalue weighted by atomic mass is 9.89. The normalized spacial score (nSPS) is 13.6. The van der Waals surface area contributed by atoms with E-state index in [2.05, 4.69) is 33.7 Å². The lowest BCUT2D eigenvalue weighted by Gasteiger charge is -2.20. The SMILES string of the molecule is Cc1nc(COc2ccc(C(=O)OCC(=O)N[C@H](C)c3ccc4c(c3)CCCC4)cc2)no1. The third-order valence-electron chi connectivity index (χ3n) is 5.61. The van der Waals surface area contributed by atoms with E-state index < -0.39 is 5.97 Å². The molecule has 0 saturated carbocycles. The van der Waals surface area contributed by atoms with Crippen LogP contribution in [0.3, 0.4) is 0 Å². The van der Waals surface area contributed by atoms with Crippen molar-refractivity contribution in [2.45, 2.75) is 52.2 Å². The Morgan fingerprint density at radius 2 is 1.85 bits per heavy atom. The van der Waals surface area contributed by atoms with E-state index in [-0.39, 0.29) is 25.2 Å². The molecule has 0 radical (unpaired) electrons. The summed E-state index contributed by atoms with van der Waals surface area (Å²) in [6.45, 7) is 3.44. The number of hydrogen-bond donors (Lipinski definition) is 1. The molecule has 0 fully saturated rings. The Balaban J connectivity index is 1.23. The molecule has 1 heterocycles. The van der Waals surface area contributed by atoms with Crippen LogP contribution in [0.2, 0.25) is 0 Å². The van der Waals surface area contributed by atoms with Gasteiger partial charge in [-0.25, -0.2) is 4.79 Å². The van der Waals surface area contributed by atoms with E-state index in [4.69, 9.17) is 14.0 Å². The number of amides is 1. The maximum absolute atomic E-state index is 12.3. The summed E-state index contributed by atoms with van der Waals surface area (Å²) in [6, 6.07) is 12.7. The van der Waals surface area contributed by atoms with Crippen molar-refractivity contribution in [2.24, 2.45) is 0 Å². The molecule has 1 aliphatic carbocycles. The van der Waals surface area contributed by atoms with Gasteiger partial charge in [-0.15, -0.1) is 0 Å². The first-order chi connectivity index (χ1) is 16.0. The second-order valence-corrected chi connectivity index (χ2v) is 8.14. The molecule has 0 saturated heterocycles. The number of benzene rings is 2. The average Bonchev–Trinajstić information content (AvgIpc) is 3.26. The molecule has 0 bridgehead atoms. The maximum Gasteiger partial charge on any atom is 0.338 e. The summed E-state index contributed by atoms with van der Waals surface area (Å²) >= 11 is 0. The van der Waals surface area contributed by atoms with Gasteiger partial charge in [0.25, 0.3) is 5.91 Å². The predicted octanol–water partition coefficient (Wildman–Crippen LogP) is 3.87. The van der Waals surface area contributed by atoms with E-state index in [1.54, 1.807) is 31.2 Å². The molecule has 1 aromatic heterocycles. The summed E-state index contributed by atoms with van der Waals surface area (Å²) in [6.07, 6.45) is 4.65. The summed E-state index contributed by atoms with van der Waals surface area (Å²) in [5, 5.41) is 6.65. The van der Waals surface area contributed by atoms with Crippen LogP contribution >= 0.6 is 0 Å². The fraction of sp³-hybridized carbons (Fsp3) is 0.360. The molecule has 4 rings (SSSR count). The molecule has 2 aromatic carbocycles. The molecule has 8 heteroatoms. The third kappa shape index (κ3) is 5.97. The van der Waals surface area contributed by atoms with E-state index >= 15 is 0 Å². The number of esters is 1. The average molecular weight is 450 g/mol. The van der Waals surface area contributed by atoms with Crippen molar-refractivity contribution < 1.29 is 23.6 Å². The van der Waals surface area contributed by atoms with Gasteiger partial charge in [0.05, 0.1) is 11.6 Å². The van der Waals surface area contributed by atoms with Crippen LogP contribution in [0, 0.1) is 6.92 Å². The summed E-state index contributed by atoms with van der Waals surface area (Å²) in [7, 11) is 0. The van der Waals surface area contributed by atoms with Gasteiger partial charge in [-0.1, -0.05) is 23.4 Å². The minimum atomic E-state index is -0.577. The number of nitrogens with zero attached hydrogens (tertiary/aromatic N) is 2. The van der Waals surface area contributed by atoms with Gasteiger partial charge in [-0.2, -0.15) is 4.98 Å². The van der Waals surface area contributed by atoms with E-state index in [1.807, 2.05) is 6.92 Å². The maximum atomic E-state index is 12.3. The topological polar surface area (TPSA) is 104 Å². The standard InChI is InChI=1S/C25H27N3O5/c1-16(20-8-7-18-5-3-4-6-21(18)13-20)26-24(29)15-32-25(30)19-9-11-22(12-10-19)31-14-23-27-17(2)33-28-23/h7-13,16H,3-6,14-15H2,1-2H3,(H,26,29)/t16-/m1/s1. The molecule has 0 unspecified atom stereocenters. The minimum Gasteiger partial charge on any atom is -0.485 e. The lowest BCUT2D eigenvalue weighted by molar-refractivity contribution is -0.124. The molecule has 1 atom stereocenters. The second-order valence-electron chi connectivity index (χ2n) is 8.14. The molecule has 33 heavy (non-hydrogen) atoms. The first-order valence-corrected chi connectivity index (χ1v) is 11.1. The fourth-order valence-electron chi connectivity index (χ4n) is 3.84. The van der Waals surface area contributed by atoms with Gasteiger partial charge >= 0.3 is 5.97 Å². The highest BCUT2D eigenvalue weighted by atomic mass is 16.5. The third-order valence-corrected chi connectivity index (χ3v) is 5.61. The number of carbonyl (C=O) groups excluding carboxylic acids is 2. The van der Waals surface area contributed by atoms with Gasteiger partial charge in [-0.3, -0.25) is 4.79 Å². The van der Waals surface area contributed by atoms with Crippen LogP contribution in [0.5, 0.6) is 5.75 Å². The summed E-state index contributed by atoms with van der Waals surface area (Å²) in [4.78, 5) is 28.6. The Kier molecular flexibility index (Phi) is 7.02. The first-order valence-electron chi connectivity index (χ1n) is 11.1. The van der Waals surface area contributed by atoms with Crippen LogP contribution < -0.4 is 10.1 Å². The van der Waals surface area contributed by atoms with Crippen molar-refractivity contribution >= 4 is 11.9 Å². The van der Waals surface area contributed by atoms with Gasteiger partial charge in [0, 0.05) is 6.92 Å². The van der Waals surface area contributed by atoms with Crippen molar-refractivity contribution in [1.82, 2.24) is 15.5 Å². The molecular formula is C25H27N3O5. The molecule has 0 spiro atoms. The summed E-state index contributed by atoms with van der Waals surface area (Å²) in [5.74, 6) is 0.529. The van der Waals surface area contributed by atoms with Gasteiger partial charge in [0.1, 0.15) is 5.75 Å². The number of ether oxygens (including phenoxy) is 2. The zero-order chi connectivity index (χ0) is 23.2. The van der Waals surface area contributed by atoms with Crippen LogP contribution in [0.1, 0.15) is 64.6 Å². The highest BCUT2D eigenvalue weighted by Crippen LogP contribution is 2.24. The van der Waals surface area contributed by atoms with Crippen molar-refractivity contribution in [2.75, 3.05) is 6.61 Å². The molecule has 1 N–H and O–H groups in total. The summed E-state index contributed by atoms with van der Waals surface area (Å²) < 4.78 is 15.6. The van der Waals surface area contributed by atoms with Crippen molar-refractivity contribution in [3.8, 4) is 5.75 Å². The number of fused-ring (bicyclic) bond motifs is 1. The Morgan fingerprint density at radius 3 is 2.58 bits per heavy atom. The number of hydrogen-bond acceptors (Lipinski definition) is 7. The van der Waals surface area contributed by atoms with Crippen LogP contribution in [-0.2, 0) is 29.0 Å². The highest BCUT2D eigenvalue weighted by Gasteiger charge is 2.16. The van der Waals surface area contributed by atoms with E-state index in [0.29, 0.717) is 23.0 Å². The lowest BCUT2D eigenvalue weighted by Crippen LogP contribution is -2.31. The minimum absolute atomic E-state index is 0.156. The number of aromatic nitrogens is 2. The van der Waals surface area contributed by atoms with Gasteiger partial charge in [0.15, 0.2) is 13.2 Å². The van der Waals surface area contributed by atoms with E-state index in [1.165, 1.54) is 24.0 Å². The predicted molar refractivity (Wildman–Crippen MR) is 120 cm³/mol. The quantitative estimate of drug-likeness (QED) is 0.521. The zero-order valence-corrected chi connectivity index (χ0v) is 18.8. The van der Waals surface area contributed by atoms with Crippen LogP contribution in [0.25, 0.3) is 0 Å². The Morgan fingerprint density at radius 1 is 1.09 bits per heavy atom. The van der Waals surface area contributed by atoms with Gasteiger partial charge in [0.2, 0.25) is 11.7 Å². The zero-order valence-electron chi connectivity index (χ0n) is 18.8. The molecule has 0 aliphatic heterocycles. The smallest absolute Gasteiger partial charge is 0.338 e. The number of nitrogens with one attached hydrogen (secondary N) is 1. The van der Waals surface area contributed by atoms with Crippen molar-refractivity contribution in [1.29, 1.82) is 0 Å². The van der Waals surface area contributed by atoms with Crippen LogP contribution in [0.15, 0.2) is 47.0 Å². The van der Waals surface area contributed by atoms with Crippen molar-refractivity contribution in [3.05, 3.63) is 76.4 Å². The highest BCUT2D eigenvalue weighted by molar-refractivity contribution is 5.91. The molecule has 1 amide bonds. The number of carbonyl (C=O) groups is 2. The van der Waals surface area contributed by atoms with E-state index in [9.17, 15) is 9.59 Å². The molecule has 172 valence electrons. The van der Waals surface area contributed by atoms with Crippen LogP contribution in [0.4, 0.5) is 0 Å². The number of rotatable bonds is 8.